The molecule has 4 heteroatoms. The van der Waals surface area contributed by atoms with Crippen molar-refractivity contribution in [3.63, 3.8) is 0 Å². The molecule has 0 atom stereocenters. The second-order valence-electron chi connectivity index (χ2n) is 1.40. The molecule has 0 aromatic carbocycles. The van der Waals surface area contributed by atoms with Gasteiger partial charge < -0.3 is 0 Å². The van der Waals surface area contributed by atoms with Crippen molar-refractivity contribution >= 4 is 0 Å². The van der Waals surface area contributed by atoms with E-state index in [-0.39, 0.29) is 0 Å². The van der Waals surface area contributed by atoms with Gasteiger partial charge in [-0.2, -0.15) is 0 Å². The summed E-state index contributed by atoms with van der Waals surface area (Å²) >= 11 is 0. The molecule has 0 unspecified atom stereocenters. The van der Waals surface area contributed by atoms with Crippen molar-refractivity contribution in [3.05, 3.63) is 0 Å². The fourth-order valence-electron chi connectivity index (χ4n) is 0.176. The Morgan fingerprint density at radius 3 is 1.38 bits per heavy atom. The molecule has 0 saturated carbocycles. The largest absolute Gasteiger partial charge is 0.250 e. The Hall–Kier alpha value is -0.280. The minimum atomic E-state index is -2.87. The van der Waals surface area contributed by atoms with Gasteiger partial charge in [0.25, 0.3) is 0 Å². The zero-order valence-corrected chi connectivity index (χ0v) is 4.08. The van der Waals surface area contributed by atoms with Crippen LogP contribution in [0.1, 0.15) is 0 Å². The first kappa shape index (κ1) is 7.72. The van der Waals surface area contributed by atoms with Crippen LogP contribution in [0.25, 0.3) is 0 Å². The highest BCUT2D eigenvalue weighted by Crippen LogP contribution is 2.09. The number of rotatable bonds is 3. The first-order valence-corrected chi connectivity index (χ1v) is 2.12. The van der Waals surface area contributed by atoms with Crippen LogP contribution in [0, 0.1) is 5.92 Å². The maximum atomic E-state index is 11.2. The predicted molar refractivity (Wildman–Crippen MR) is 21.4 cm³/mol. The van der Waals surface area contributed by atoms with E-state index < -0.39 is 25.7 Å². The van der Waals surface area contributed by atoms with Crippen molar-refractivity contribution in [1.29, 1.82) is 0 Å². The molecule has 0 N–H and O–H groups in total. The Morgan fingerprint density at radius 2 is 1.38 bits per heavy atom. The molecule has 0 amide bonds. The average Bonchev–Trinajstić information content (AvgIpc) is 1.69. The Kier molecular flexibility index (Phi) is 3.56. The quantitative estimate of drug-likeness (QED) is 0.511. The monoisotopic (exact) mass is 130 g/mol. The highest BCUT2D eigenvalue weighted by atomic mass is 19.3. The van der Waals surface area contributed by atoms with Gasteiger partial charge in [0.05, 0.1) is 5.92 Å². The number of hydrogen-bond donors (Lipinski definition) is 0. The molecule has 0 radical (unpaired) electrons. The smallest absolute Gasteiger partial charge is 0.246 e. The van der Waals surface area contributed by atoms with Gasteiger partial charge >= 0.3 is 0 Å². The molecule has 0 aliphatic heterocycles. The molecule has 0 rings (SSSR count). The molecular weight excluding hydrogens is 124 g/mol. The predicted octanol–water partition coefficient (Wildman–Crippen LogP) is 1.81. The molecule has 0 spiro atoms. The standard InChI is InChI=1S/C4H6F4/c5-1-3(2-6)4(7)8/h3-4H,1-2H2. The molecule has 0 bridgehead atoms. The number of hydrogen-bond acceptors (Lipinski definition) is 0. The minimum absolute atomic E-state index is 1.28. The van der Waals surface area contributed by atoms with Gasteiger partial charge in [-0.3, -0.25) is 8.78 Å². The van der Waals surface area contributed by atoms with E-state index in [0.717, 1.165) is 0 Å². The lowest BCUT2D eigenvalue weighted by Gasteiger charge is -2.03. The first-order chi connectivity index (χ1) is 3.72. The lowest BCUT2D eigenvalue weighted by atomic mass is 10.2. The van der Waals surface area contributed by atoms with Crippen LogP contribution in [0.15, 0.2) is 0 Å². The van der Waals surface area contributed by atoms with Crippen LogP contribution in [0.4, 0.5) is 17.6 Å². The van der Waals surface area contributed by atoms with Gasteiger partial charge in [-0.15, -0.1) is 0 Å². The zero-order chi connectivity index (χ0) is 6.57. The van der Waals surface area contributed by atoms with E-state index in [0.29, 0.717) is 0 Å². The summed E-state index contributed by atoms with van der Waals surface area (Å²) < 4.78 is 44.8. The van der Waals surface area contributed by atoms with Crippen LogP contribution < -0.4 is 0 Å². The van der Waals surface area contributed by atoms with E-state index in [9.17, 15) is 17.6 Å². The summed E-state index contributed by atoms with van der Waals surface area (Å²) in [6.45, 7) is -2.57. The van der Waals surface area contributed by atoms with Crippen molar-refractivity contribution in [1.82, 2.24) is 0 Å². The van der Waals surface area contributed by atoms with E-state index in [2.05, 4.69) is 0 Å². The summed E-state index contributed by atoms with van der Waals surface area (Å²) in [5.74, 6) is -1.71. The highest BCUT2D eigenvalue weighted by molar-refractivity contribution is 4.56. The van der Waals surface area contributed by atoms with Gasteiger partial charge in [0, 0.05) is 0 Å². The van der Waals surface area contributed by atoms with E-state index in [1.165, 1.54) is 0 Å². The van der Waals surface area contributed by atoms with E-state index in [1.807, 2.05) is 0 Å². The maximum Gasteiger partial charge on any atom is 0.246 e. The van der Waals surface area contributed by atoms with Gasteiger partial charge in [0.1, 0.15) is 13.3 Å². The van der Waals surface area contributed by atoms with Gasteiger partial charge in [0.2, 0.25) is 6.43 Å². The fourth-order valence-corrected chi connectivity index (χ4v) is 0.176. The molecular formula is C4H6F4. The average molecular weight is 130 g/mol. The normalized spacial score (nSPS) is 11.2. The summed E-state index contributed by atoms with van der Waals surface area (Å²) in [5.41, 5.74) is 0. The summed E-state index contributed by atoms with van der Waals surface area (Å²) in [6.07, 6.45) is -2.87. The van der Waals surface area contributed by atoms with E-state index in [4.69, 9.17) is 0 Å². The summed E-state index contributed by atoms with van der Waals surface area (Å²) in [7, 11) is 0. The maximum absolute atomic E-state index is 11.2. The van der Waals surface area contributed by atoms with Crippen LogP contribution in [-0.4, -0.2) is 19.8 Å². The molecule has 8 heavy (non-hydrogen) atoms. The molecule has 0 saturated heterocycles. The first-order valence-electron chi connectivity index (χ1n) is 2.12. The van der Waals surface area contributed by atoms with Crippen molar-refractivity contribution in [2.45, 2.75) is 6.43 Å². The third-order valence-electron chi connectivity index (χ3n) is 0.753. The molecule has 0 nitrogen and oxygen atoms in total. The Labute approximate surface area is 44.5 Å². The number of halogens is 4. The SMILES string of the molecule is FCC(CF)C(F)F. The molecule has 0 aromatic rings. The van der Waals surface area contributed by atoms with Crippen LogP contribution in [0.2, 0.25) is 0 Å². The summed E-state index contributed by atoms with van der Waals surface area (Å²) in [5, 5.41) is 0. The molecule has 0 aliphatic carbocycles. The lowest BCUT2D eigenvalue weighted by Crippen LogP contribution is -2.15. The lowest BCUT2D eigenvalue weighted by molar-refractivity contribution is 0.0485. The van der Waals surface area contributed by atoms with Crippen LogP contribution in [0.5, 0.6) is 0 Å². The Balaban J connectivity index is 3.35. The summed E-state index contributed by atoms with van der Waals surface area (Å²) in [6, 6.07) is 0. The van der Waals surface area contributed by atoms with Crippen LogP contribution >= 0.6 is 0 Å². The van der Waals surface area contributed by atoms with E-state index in [1.54, 1.807) is 0 Å². The topological polar surface area (TPSA) is 0 Å². The zero-order valence-electron chi connectivity index (χ0n) is 4.08. The summed E-state index contributed by atoms with van der Waals surface area (Å²) in [4.78, 5) is 0. The Morgan fingerprint density at radius 1 is 1.00 bits per heavy atom. The fraction of sp³-hybridized carbons (Fsp3) is 1.00. The van der Waals surface area contributed by atoms with Crippen molar-refractivity contribution < 1.29 is 17.6 Å². The van der Waals surface area contributed by atoms with Crippen molar-refractivity contribution in [3.8, 4) is 0 Å². The van der Waals surface area contributed by atoms with E-state index >= 15 is 0 Å². The van der Waals surface area contributed by atoms with Crippen molar-refractivity contribution in [2.75, 3.05) is 13.3 Å². The molecule has 0 fully saturated rings. The molecule has 50 valence electrons. The van der Waals surface area contributed by atoms with Crippen LogP contribution in [-0.2, 0) is 0 Å². The molecule has 0 aliphatic rings. The number of alkyl halides is 4. The van der Waals surface area contributed by atoms with Gasteiger partial charge in [-0.1, -0.05) is 0 Å². The highest BCUT2D eigenvalue weighted by Gasteiger charge is 2.19. The third kappa shape index (κ3) is 2.14. The van der Waals surface area contributed by atoms with Gasteiger partial charge in [-0.25, -0.2) is 8.78 Å². The minimum Gasteiger partial charge on any atom is -0.250 e. The van der Waals surface area contributed by atoms with Crippen LogP contribution in [0.3, 0.4) is 0 Å². The molecule has 0 aromatic heterocycles. The van der Waals surface area contributed by atoms with Gasteiger partial charge in [-0.05, 0) is 0 Å². The molecule has 0 heterocycles. The third-order valence-corrected chi connectivity index (χ3v) is 0.753. The Bertz CT molecular complexity index is 50.0. The van der Waals surface area contributed by atoms with Gasteiger partial charge in [0.15, 0.2) is 0 Å². The second kappa shape index (κ2) is 3.69. The second-order valence-corrected chi connectivity index (χ2v) is 1.40. The van der Waals surface area contributed by atoms with Crippen molar-refractivity contribution in [2.24, 2.45) is 5.92 Å².